The van der Waals surface area contributed by atoms with Crippen LogP contribution in [0.5, 0.6) is 0 Å². The fourth-order valence-electron chi connectivity index (χ4n) is 2.55. The van der Waals surface area contributed by atoms with E-state index in [2.05, 4.69) is 55.5 Å². The van der Waals surface area contributed by atoms with Gasteiger partial charge in [0.1, 0.15) is 0 Å². The van der Waals surface area contributed by atoms with Crippen LogP contribution in [0.15, 0.2) is 11.8 Å². The zero-order chi connectivity index (χ0) is 15.9. The molecule has 0 spiro atoms. The molecule has 0 heterocycles. The lowest BCUT2D eigenvalue weighted by Gasteiger charge is -2.36. The predicted octanol–water partition coefficient (Wildman–Crippen LogP) is 5.00. The van der Waals surface area contributed by atoms with Gasteiger partial charge < -0.3 is 9.13 Å². The topological polar surface area (TPSA) is 6.48 Å². The molecule has 0 aromatic carbocycles. The third-order valence-corrected chi connectivity index (χ3v) is 6.43. The van der Waals surface area contributed by atoms with Gasteiger partial charge in [-0.25, -0.2) is 0 Å². The normalized spacial score (nSPS) is 12.4. The summed E-state index contributed by atoms with van der Waals surface area (Å²) in [5, 5.41) is 0. The van der Waals surface area contributed by atoms with Crippen molar-refractivity contribution in [2.24, 2.45) is 0 Å². The summed E-state index contributed by atoms with van der Waals surface area (Å²) in [7, 11) is -0.668. The van der Waals surface area contributed by atoms with Crippen molar-refractivity contribution in [2.45, 2.75) is 79.6 Å². The minimum absolute atomic E-state index is 0.668. The fourth-order valence-corrected chi connectivity index (χ4v) is 5.50. The van der Waals surface area contributed by atoms with E-state index < -0.39 is 9.12 Å². The molecule has 2 nitrogen and oxygen atoms in total. The highest BCUT2D eigenvalue weighted by Gasteiger charge is 2.24. The first-order chi connectivity index (χ1) is 10.2. The van der Waals surface area contributed by atoms with Gasteiger partial charge in [0, 0.05) is 0 Å². The van der Waals surface area contributed by atoms with E-state index in [9.17, 15) is 0 Å². The third kappa shape index (κ3) is 9.49. The van der Waals surface area contributed by atoms with Gasteiger partial charge in [-0.05, 0) is 58.3 Å². The Morgan fingerprint density at radius 2 is 1.14 bits per heavy atom. The average Bonchev–Trinajstić information content (AvgIpc) is 2.50. The van der Waals surface area contributed by atoms with Gasteiger partial charge >= 0.3 is 0 Å². The van der Waals surface area contributed by atoms with E-state index >= 15 is 0 Å². The molecule has 0 atom stereocenters. The Morgan fingerprint density at radius 1 is 0.667 bits per heavy atom. The highest BCUT2D eigenvalue weighted by Crippen LogP contribution is 2.10. The number of rotatable bonds is 14. The first-order valence-corrected chi connectivity index (χ1v) is 10.7. The molecule has 0 saturated carbocycles. The van der Waals surface area contributed by atoms with Gasteiger partial charge in [-0.3, -0.25) is 0 Å². The molecular formula is C18H39N2Si. The minimum Gasteiger partial charge on any atom is -0.308 e. The maximum atomic E-state index is 2.80. The van der Waals surface area contributed by atoms with Crippen molar-refractivity contribution in [2.75, 3.05) is 26.2 Å². The predicted molar refractivity (Wildman–Crippen MR) is 98.7 cm³/mol. The summed E-state index contributed by atoms with van der Waals surface area (Å²) in [5.41, 5.74) is 2.56. The molecule has 0 amide bonds. The van der Waals surface area contributed by atoms with E-state index in [4.69, 9.17) is 0 Å². The van der Waals surface area contributed by atoms with E-state index in [1.807, 2.05) is 0 Å². The van der Waals surface area contributed by atoms with Crippen LogP contribution in [0.1, 0.15) is 79.6 Å². The maximum Gasteiger partial charge on any atom is 0.258 e. The van der Waals surface area contributed by atoms with E-state index in [-0.39, 0.29) is 0 Å². The van der Waals surface area contributed by atoms with E-state index in [0.717, 1.165) is 6.42 Å². The quantitative estimate of drug-likeness (QED) is 0.416. The Morgan fingerprint density at radius 3 is 1.48 bits per heavy atom. The number of nitrogens with zero attached hydrogens (tertiary/aromatic N) is 2. The van der Waals surface area contributed by atoms with Crippen LogP contribution in [0.25, 0.3) is 0 Å². The molecule has 0 aromatic heterocycles. The fraction of sp³-hybridized carbons (Fsp3) is 0.889. The van der Waals surface area contributed by atoms with Crippen LogP contribution in [-0.2, 0) is 0 Å². The molecule has 0 saturated heterocycles. The summed E-state index contributed by atoms with van der Waals surface area (Å²) >= 11 is 0. The van der Waals surface area contributed by atoms with Gasteiger partial charge in [-0.2, -0.15) is 0 Å². The summed E-state index contributed by atoms with van der Waals surface area (Å²) in [5.74, 6) is 0. The highest BCUT2D eigenvalue weighted by atomic mass is 28.3. The van der Waals surface area contributed by atoms with Crippen molar-refractivity contribution in [1.82, 2.24) is 9.13 Å². The Bertz CT molecular complexity index is 225. The maximum absolute atomic E-state index is 2.80. The van der Waals surface area contributed by atoms with Gasteiger partial charge in [0.25, 0.3) is 9.12 Å². The largest absolute Gasteiger partial charge is 0.308 e. The number of allylic oxidation sites excluding steroid dienone is 1. The molecule has 0 aliphatic rings. The van der Waals surface area contributed by atoms with E-state index in [1.165, 1.54) is 64.7 Å². The van der Waals surface area contributed by atoms with Crippen LogP contribution in [0.4, 0.5) is 0 Å². The van der Waals surface area contributed by atoms with Crippen molar-refractivity contribution in [3.8, 4) is 0 Å². The summed E-state index contributed by atoms with van der Waals surface area (Å²) in [6.45, 7) is 16.6. The summed E-state index contributed by atoms with van der Waals surface area (Å²) in [6, 6.07) is 0. The van der Waals surface area contributed by atoms with Gasteiger partial charge in [-0.1, -0.05) is 59.2 Å². The molecule has 0 rings (SSSR count). The van der Waals surface area contributed by atoms with Gasteiger partial charge in [0.2, 0.25) is 0 Å². The van der Waals surface area contributed by atoms with Crippen molar-refractivity contribution < 1.29 is 0 Å². The second kappa shape index (κ2) is 14.8. The lowest BCUT2D eigenvalue weighted by molar-refractivity contribution is 0.338. The molecule has 0 bridgehead atoms. The van der Waals surface area contributed by atoms with Crippen molar-refractivity contribution >= 4 is 9.12 Å². The molecule has 0 aliphatic carbocycles. The van der Waals surface area contributed by atoms with E-state index in [1.54, 1.807) is 0 Å². The molecule has 0 aliphatic heterocycles. The summed E-state index contributed by atoms with van der Waals surface area (Å²) in [6.07, 6.45) is 11.4. The number of unbranched alkanes of at least 4 members (excludes halogenated alkanes) is 2. The zero-order valence-electron chi connectivity index (χ0n) is 15.3. The third-order valence-electron chi connectivity index (χ3n) is 3.70. The molecule has 0 fully saturated rings. The molecular weight excluding hydrogens is 272 g/mol. The molecule has 3 heteroatoms. The lowest BCUT2D eigenvalue weighted by Crippen LogP contribution is -2.53. The van der Waals surface area contributed by atoms with Gasteiger partial charge in [0.05, 0.1) is 0 Å². The smallest absolute Gasteiger partial charge is 0.258 e. The Balaban J connectivity index is 4.98. The van der Waals surface area contributed by atoms with Gasteiger partial charge in [0.15, 0.2) is 0 Å². The lowest BCUT2D eigenvalue weighted by atomic mass is 10.3. The summed E-state index contributed by atoms with van der Waals surface area (Å²) in [4.78, 5) is 0. The van der Waals surface area contributed by atoms with Crippen molar-refractivity contribution in [1.29, 1.82) is 0 Å². The van der Waals surface area contributed by atoms with E-state index in [0.29, 0.717) is 0 Å². The second-order valence-corrected chi connectivity index (χ2v) is 8.16. The standard InChI is InChI=1S/C18H39N2Si/c1-6-11-16-19(14-9-4)21(18-13-8-3)20(15-10-5)17-12-7-2/h13,18H,6-12,14-17H2,1-5H3. The molecule has 0 unspecified atom stereocenters. The molecule has 0 N–H and O–H groups in total. The SMILES string of the molecule is CCC=C[Si](N(CCC)CCCC)N(CCC)CCCC. The number of hydrogen-bond donors (Lipinski definition) is 0. The molecule has 125 valence electrons. The molecule has 0 aromatic rings. The molecule has 21 heavy (non-hydrogen) atoms. The highest BCUT2D eigenvalue weighted by molar-refractivity contribution is 6.58. The minimum atomic E-state index is -0.668. The van der Waals surface area contributed by atoms with Crippen LogP contribution < -0.4 is 0 Å². The van der Waals surface area contributed by atoms with Crippen LogP contribution in [0.2, 0.25) is 0 Å². The van der Waals surface area contributed by atoms with Gasteiger partial charge in [-0.15, -0.1) is 0 Å². The average molecular weight is 312 g/mol. The van der Waals surface area contributed by atoms with Crippen molar-refractivity contribution in [3.05, 3.63) is 11.8 Å². The zero-order valence-corrected chi connectivity index (χ0v) is 16.3. The monoisotopic (exact) mass is 311 g/mol. The first-order valence-electron chi connectivity index (χ1n) is 9.28. The van der Waals surface area contributed by atoms with Crippen LogP contribution in [0, 0.1) is 0 Å². The Labute approximate surface area is 136 Å². The number of hydrogen-bond acceptors (Lipinski definition) is 2. The Kier molecular flexibility index (Phi) is 14.7. The summed E-state index contributed by atoms with van der Waals surface area (Å²) < 4.78 is 5.59. The molecule has 1 radical (unpaired) electrons. The second-order valence-electron chi connectivity index (χ2n) is 5.85. The van der Waals surface area contributed by atoms with Crippen LogP contribution in [-0.4, -0.2) is 44.4 Å². The van der Waals surface area contributed by atoms with Crippen molar-refractivity contribution in [3.63, 3.8) is 0 Å². The van der Waals surface area contributed by atoms with Crippen LogP contribution >= 0.6 is 0 Å². The Hall–Kier alpha value is -0.123. The first kappa shape index (κ1) is 20.9. The van der Waals surface area contributed by atoms with Crippen LogP contribution in [0.3, 0.4) is 0 Å².